The average molecular weight is 205 g/mol. The van der Waals surface area contributed by atoms with Gasteiger partial charge in [-0.25, -0.2) is 0 Å². The quantitative estimate of drug-likeness (QED) is 0.668. The summed E-state index contributed by atoms with van der Waals surface area (Å²) in [6.07, 6.45) is 8.40. The fourth-order valence-electron chi connectivity index (χ4n) is 2.18. The van der Waals surface area contributed by atoms with Crippen LogP contribution in [0.15, 0.2) is 18.3 Å². The fraction of sp³-hybridized carbons (Fsp3) is 0.643. The third-order valence-electron chi connectivity index (χ3n) is 3.03. The van der Waals surface area contributed by atoms with Crippen molar-refractivity contribution in [2.75, 3.05) is 0 Å². The van der Waals surface area contributed by atoms with Crippen molar-refractivity contribution in [2.24, 2.45) is 0 Å². The Labute approximate surface area is 93.9 Å². The van der Waals surface area contributed by atoms with Gasteiger partial charge in [0.25, 0.3) is 0 Å². The molecule has 1 aromatic rings. The van der Waals surface area contributed by atoms with Crippen molar-refractivity contribution >= 4 is 0 Å². The van der Waals surface area contributed by atoms with E-state index in [0.29, 0.717) is 0 Å². The van der Waals surface area contributed by atoms with Gasteiger partial charge in [-0.1, -0.05) is 39.2 Å². The Bertz CT molecular complexity index is 280. The van der Waals surface area contributed by atoms with Crippen LogP contribution in [0, 0.1) is 6.92 Å². The molecule has 84 valence electrons. The number of hydrogen-bond acceptors (Lipinski definition) is 1. The molecule has 0 aliphatic carbocycles. The molecule has 15 heavy (non-hydrogen) atoms. The van der Waals surface area contributed by atoms with Crippen LogP contribution in [0.5, 0.6) is 0 Å². The molecule has 1 rings (SSSR count). The minimum absolute atomic E-state index is 0.726. The van der Waals surface area contributed by atoms with Gasteiger partial charge in [-0.05, 0) is 37.3 Å². The smallest absolute Gasteiger partial charge is 0.0407 e. The molecule has 0 bridgehead atoms. The van der Waals surface area contributed by atoms with E-state index < -0.39 is 0 Å². The summed E-state index contributed by atoms with van der Waals surface area (Å²) in [5, 5.41) is 0. The van der Waals surface area contributed by atoms with Crippen LogP contribution in [0.2, 0.25) is 0 Å². The SMILES string of the molecule is CCCCC(CCC)c1cccnc1C. The first kappa shape index (κ1) is 12.2. The largest absolute Gasteiger partial charge is 0.261 e. The van der Waals surface area contributed by atoms with Crippen LogP contribution in [0.1, 0.15) is 63.1 Å². The normalized spacial score (nSPS) is 12.7. The molecule has 1 nitrogen and oxygen atoms in total. The van der Waals surface area contributed by atoms with Crippen molar-refractivity contribution in [1.29, 1.82) is 0 Å². The number of pyridine rings is 1. The van der Waals surface area contributed by atoms with E-state index in [0.717, 1.165) is 5.92 Å². The minimum atomic E-state index is 0.726. The molecule has 0 aliphatic heterocycles. The zero-order valence-electron chi connectivity index (χ0n) is 10.3. The van der Waals surface area contributed by atoms with Crippen LogP contribution in [0.3, 0.4) is 0 Å². The van der Waals surface area contributed by atoms with Crippen LogP contribution in [-0.4, -0.2) is 4.98 Å². The number of unbranched alkanes of at least 4 members (excludes halogenated alkanes) is 1. The summed E-state index contributed by atoms with van der Waals surface area (Å²) in [6, 6.07) is 4.31. The van der Waals surface area contributed by atoms with Crippen molar-refractivity contribution in [2.45, 2.75) is 58.8 Å². The highest BCUT2D eigenvalue weighted by Crippen LogP contribution is 2.28. The molecule has 0 saturated carbocycles. The summed E-state index contributed by atoms with van der Waals surface area (Å²) < 4.78 is 0. The second-order valence-electron chi connectivity index (χ2n) is 4.31. The van der Waals surface area contributed by atoms with E-state index in [-0.39, 0.29) is 0 Å². The van der Waals surface area contributed by atoms with Gasteiger partial charge in [0.15, 0.2) is 0 Å². The van der Waals surface area contributed by atoms with Crippen LogP contribution in [0.4, 0.5) is 0 Å². The lowest BCUT2D eigenvalue weighted by atomic mass is 9.89. The van der Waals surface area contributed by atoms with Gasteiger partial charge < -0.3 is 0 Å². The molecule has 1 aromatic heterocycles. The Balaban J connectivity index is 2.74. The molecular weight excluding hydrogens is 182 g/mol. The fourth-order valence-corrected chi connectivity index (χ4v) is 2.18. The maximum Gasteiger partial charge on any atom is 0.0407 e. The first-order valence-electron chi connectivity index (χ1n) is 6.21. The molecular formula is C14H23N. The lowest BCUT2D eigenvalue weighted by Crippen LogP contribution is -2.02. The third kappa shape index (κ3) is 3.65. The molecule has 1 unspecified atom stereocenters. The predicted octanol–water partition coefficient (Wildman–Crippen LogP) is 4.46. The maximum absolute atomic E-state index is 4.39. The van der Waals surface area contributed by atoms with E-state index in [1.54, 1.807) is 0 Å². The molecule has 0 fully saturated rings. The van der Waals surface area contributed by atoms with Gasteiger partial charge in [-0.3, -0.25) is 4.98 Å². The van der Waals surface area contributed by atoms with Crippen LogP contribution in [0.25, 0.3) is 0 Å². The topological polar surface area (TPSA) is 12.9 Å². The Morgan fingerprint density at radius 3 is 2.60 bits per heavy atom. The molecule has 0 amide bonds. The average Bonchev–Trinajstić information content (AvgIpc) is 2.25. The summed E-state index contributed by atoms with van der Waals surface area (Å²) in [6.45, 7) is 6.66. The van der Waals surface area contributed by atoms with Gasteiger partial charge in [0.05, 0.1) is 0 Å². The molecule has 1 atom stereocenters. The molecule has 0 aliphatic rings. The molecule has 0 aromatic carbocycles. The minimum Gasteiger partial charge on any atom is -0.261 e. The molecule has 0 N–H and O–H groups in total. The van der Waals surface area contributed by atoms with Gasteiger partial charge in [-0.2, -0.15) is 0 Å². The second kappa shape index (κ2) is 6.60. The highest BCUT2D eigenvalue weighted by molar-refractivity contribution is 5.22. The lowest BCUT2D eigenvalue weighted by molar-refractivity contribution is 0.537. The van der Waals surface area contributed by atoms with E-state index in [1.807, 2.05) is 6.20 Å². The van der Waals surface area contributed by atoms with Crippen molar-refractivity contribution in [1.82, 2.24) is 4.98 Å². The summed E-state index contributed by atoms with van der Waals surface area (Å²) in [4.78, 5) is 4.39. The summed E-state index contributed by atoms with van der Waals surface area (Å²) in [5.41, 5.74) is 2.68. The number of rotatable bonds is 6. The highest BCUT2D eigenvalue weighted by atomic mass is 14.7. The summed E-state index contributed by atoms with van der Waals surface area (Å²) in [5.74, 6) is 0.726. The number of hydrogen-bond donors (Lipinski definition) is 0. The van der Waals surface area contributed by atoms with Crippen molar-refractivity contribution in [3.8, 4) is 0 Å². The first-order valence-corrected chi connectivity index (χ1v) is 6.21. The Morgan fingerprint density at radius 2 is 2.00 bits per heavy atom. The molecule has 1 heteroatoms. The number of aromatic nitrogens is 1. The van der Waals surface area contributed by atoms with Crippen LogP contribution in [-0.2, 0) is 0 Å². The Hall–Kier alpha value is -0.850. The zero-order chi connectivity index (χ0) is 11.1. The molecule has 0 radical (unpaired) electrons. The number of nitrogens with zero attached hydrogens (tertiary/aromatic N) is 1. The lowest BCUT2D eigenvalue weighted by Gasteiger charge is -2.17. The van der Waals surface area contributed by atoms with Crippen molar-refractivity contribution in [3.63, 3.8) is 0 Å². The van der Waals surface area contributed by atoms with Crippen LogP contribution < -0.4 is 0 Å². The van der Waals surface area contributed by atoms with Gasteiger partial charge >= 0.3 is 0 Å². The van der Waals surface area contributed by atoms with Gasteiger partial charge in [0.2, 0.25) is 0 Å². The number of aryl methyl sites for hydroxylation is 1. The predicted molar refractivity (Wildman–Crippen MR) is 66.1 cm³/mol. The van der Waals surface area contributed by atoms with Gasteiger partial charge in [0, 0.05) is 11.9 Å². The standard InChI is InChI=1S/C14H23N/c1-4-6-9-13(8-5-2)14-10-7-11-15-12(14)3/h7,10-11,13H,4-6,8-9H2,1-3H3. The molecule has 0 saturated heterocycles. The second-order valence-corrected chi connectivity index (χ2v) is 4.31. The van der Waals surface area contributed by atoms with E-state index in [9.17, 15) is 0 Å². The van der Waals surface area contributed by atoms with E-state index in [4.69, 9.17) is 0 Å². The Morgan fingerprint density at radius 1 is 1.20 bits per heavy atom. The van der Waals surface area contributed by atoms with E-state index in [1.165, 1.54) is 43.4 Å². The van der Waals surface area contributed by atoms with Crippen LogP contribution >= 0.6 is 0 Å². The highest BCUT2D eigenvalue weighted by Gasteiger charge is 2.12. The molecule has 1 heterocycles. The third-order valence-corrected chi connectivity index (χ3v) is 3.03. The van der Waals surface area contributed by atoms with Crippen molar-refractivity contribution in [3.05, 3.63) is 29.6 Å². The maximum atomic E-state index is 4.39. The Kier molecular flexibility index (Phi) is 5.38. The van der Waals surface area contributed by atoms with Gasteiger partial charge in [0.1, 0.15) is 0 Å². The first-order chi connectivity index (χ1) is 7.29. The summed E-state index contributed by atoms with van der Waals surface area (Å²) >= 11 is 0. The van der Waals surface area contributed by atoms with E-state index in [2.05, 4.69) is 37.9 Å². The molecule has 0 spiro atoms. The summed E-state index contributed by atoms with van der Waals surface area (Å²) in [7, 11) is 0. The van der Waals surface area contributed by atoms with Crippen molar-refractivity contribution < 1.29 is 0 Å². The zero-order valence-corrected chi connectivity index (χ0v) is 10.3. The monoisotopic (exact) mass is 205 g/mol. The van der Waals surface area contributed by atoms with Gasteiger partial charge in [-0.15, -0.1) is 0 Å². The van der Waals surface area contributed by atoms with E-state index >= 15 is 0 Å².